The number of fused-ring (bicyclic) bond motifs is 12. The van der Waals surface area contributed by atoms with Gasteiger partial charge in [-0.1, -0.05) is 71.2 Å². The van der Waals surface area contributed by atoms with Crippen molar-refractivity contribution in [2.75, 3.05) is 124 Å². The van der Waals surface area contributed by atoms with Gasteiger partial charge >= 0.3 is 42.6 Å². The van der Waals surface area contributed by atoms with E-state index in [1.165, 1.54) is 94.2 Å². The standard InChI is InChI=1S/C25H23ClF3N5O4.2C24H22ClF3N6O4.ClH/c26-19-10-20-23(32-22(19)14-2-1-3-15(8-14)25(27,28)29)34(16-5-7-33(20)11-16)24(37)31-21-9-18(4-6-30-21)38-13-17(36)12-35;25-18-7-19-21(32-20(18)13-2-1-3-14(6-13)24(26,27)28)34(16-4-5-33(19)10-16)23(37)31-15-8-29-22(30-9-15)38-12-17(36)11-35;25-17-7-18-22(32-21(17)13-2-1-3-14(6-13)24(26,27)28)34(15-4-5-33(18)10-15)23(37)31-19-8-29-9-20(30-19)38-12-16(36)11-35;/h1-4,6,8-10,16-17,35-36H,5,7,11-13H2,(H,30,31,37);1-3,6-9,16-17,35-36H,4-5,10-12H2,(H,31,37);1-3,6-9,15-16,35-36H,4-5,10-12H2,(H,30,31,37);1H/t16-,17-;16-,17+;15-,16+;/m000./s1. The third kappa shape index (κ3) is 19.2. The van der Waals surface area contributed by atoms with E-state index >= 15 is 0 Å². The van der Waals surface area contributed by atoms with Crippen LogP contribution >= 0.6 is 47.2 Å². The third-order valence-electron chi connectivity index (χ3n) is 18.7. The Morgan fingerprint density at radius 1 is 0.470 bits per heavy atom. The summed E-state index contributed by atoms with van der Waals surface area (Å²) in [5.41, 5.74) is 0.483. The molecule has 9 aromatic rings. The number of hydrogen-bond acceptors (Lipinski definition) is 23. The number of alkyl halides is 9. The number of nitrogens with one attached hydrogen (secondary N) is 3. The minimum Gasteiger partial charge on any atom is -0.491 e. The first-order chi connectivity index (χ1) is 54.4. The van der Waals surface area contributed by atoms with Crippen molar-refractivity contribution in [1.29, 1.82) is 0 Å². The maximum Gasteiger partial charge on any atom is 0.416 e. The van der Waals surface area contributed by atoms with E-state index in [-0.39, 0.29) is 146 Å². The molecule has 3 fully saturated rings. The number of nitrogens with zero attached hydrogens (tertiary/aromatic N) is 14. The van der Waals surface area contributed by atoms with Crippen LogP contribution in [0.5, 0.6) is 17.6 Å². The average molecular weight is 1690 g/mol. The van der Waals surface area contributed by atoms with Gasteiger partial charge in [-0.2, -0.15) is 44.5 Å². The van der Waals surface area contributed by atoms with Crippen molar-refractivity contribution in [3.63, 3.8) is 0 Å². The molecule has 0 unspecified atom stereocenters. The molecule has 15 rings (SSSR count). The van der Waals surface area contributed by atoms with Crippen molar-refractivity contribution in [3.05, 3.63) is 166 Å². The Balaban J connectivity index is 0.000000159. The van der Waals surface area contributed by atoms with Gasteiger partial charge in [-0.15, -0.1) is 12.4 Å². The van der Waals surface area contributed by atoms with Crippen LogP contribution < -0.4 is 59.6 Å². The van der Waals surface area contributed by atoms with Crippen LogP contribution in [0.3, 0.4) is 0 Å². The highest BCUT2D eigenvalue weighted by Gasteiger charge is 2.45. The first-order valence-electron chi connectivity index (χ1n) is 35.0. The molecule has 3 saturated heterocycles. The number of aromatic nitrogens is 8. The molecule has 0 aliphatic carbocycles. The monoisotopic (exact) mass is 1690 g/mol. The number of urea groups is 3. The Morgan fingerprint density at radius 2 is 0.852 bits per heavy atom. The fourth-order valence-electron chi connectivity index (χ4n) is 13.3. The smallest absolute Gasteiger partial charge is 0.416 e. The highest BCUT2D eigenvalue weighted by molar-refractivity contribution is 6.34. The topological polar surface area (TPSA) is 359 Å². The zero-order valence-corrected chi connectivity index (χ0v) is 62.7. The van der Waals surface area contributed by atoms with Crippen LogP contribution in [0.4, 0.5) is 106 Å². The van der Waals surface area contributed by atoms with Gasteiger partial charge in [-0.05, 0) is 79.9 Å². The van der Waals surface area contributed by atoms with Gasteiger partial charge in [0.1, 0.15) is 49.7 Å². The lowest BCUT2D eigenvalue weighted by atomic mass is 10.1. The molecule has 0 radical (unpaired) electrons. The number of carbonyl (C=O) groups is 3. The number of anilines is 9. The van der Waals surface area contributed by atoms with Crippen LogP contribution in [0.2, 0.25) is 15.1 Å². The number of benzene rings is 3. The molecule has 608 valence electrons. The molecule has 42 heteroatoms. The van der Waals surface area contributed by atoms with Crippen LogP contribution in [-0.4, -0.2) is 204 Å². The Hall–Kier alpha value is -10.7. The van der Waals surface area contributed by atoms with Crippen LogP contribution in [0.15, 0.2) is 134 Å². The van der Waals surface area contributed by atoms with Gasteiger partial charge in [0, 0.05) is 68.2 Å². The minimum absolute atomic E-state index is 0. The largest absolute Gasteiger partial charge is 0.491 e. The van der Waals surface area contributed by atoms with E-state index in [4.69, 9.17) is 64.3 Å². The Bertz CT molecular complexity index is 4840. The van der Waals surface area contributed by atoms with E-state index in [2.05, 4.69) is 55.8 Å². The number of aliphatic hydroxyl groups excluding tert-OH is 6. The van der Waals surface area contributed by atoms with Crippen molar-refractivity contribution < 1.29 is 98.7 Å². The number of pyridine rings is 4. The van der Waals surface area contributed by atoms with Crippen molar-refractivity contribution in [2.45, 2.75) is 74.2 Å². The van der Waals surface area contributed by atoms with Gasteiger partial charge in [-0.3, -0.25) is 30.3 Å². The van der Waals surface area contributed by atoms with Crippen molar-refractivity contribution in [1.82, 2.24) is 39.9 Å². The SMILES string of the molecule is Cl.O=C(Nc1cc(OC[C@@H](O)CO)ccn1)N1c2nc(-c3cccc(C(F)(F)F)c3)c(Cl)cc2N2CC[C@H]1C2.O=C(Nc1cnc(OC[C@H](O)CO)nc1)N1c2nc(-c3cccc(C(F)(F)F)c3)c(Cl)cc2N2CC[C@H]1C2.O=C(Nc1cncc(OC[C@H](O)CO)n1)N1c2nc(-c3cccc(C(F)(F)F)c3)c(Cl)cc2N2CC[C@H]1C2. The minimum atomic E-state index is -4.54. The Morgan fingerprint density at radius 3 is 1.25 bits per heavy atom. The van der Waals surface area contributed by atoms with Crippen LogP contribution in [0, 0.1) is 0 Å². The molecule has 0 saturated carbocycles. The van der Waals surface area contributed by atoms with Crippen LogP contribution in [0.1, 0.15) is 36.0 Å². The van der Waals surface area contributed by atoms with E-state index in [0.717, 1.165) is 36.4 Å². The number of rotatable bonds is 18. The molecule has 9 N–H and O–H groups in total. The zero-order valence-electron chi connectivity index (χ0n) is 59.6. The summed E-state index contributed by atoms with van der Waals surface area (Å²) in [6.45, 7) is 1.64. The van der Waals surface area contributed by atoms with E-state index in [0.29, 0.717) is 81.3 Å². The zero-order chi connectivity index (χ0) is 81.1. The van der Waals surface area contributed by atoms with Crippen LogP contribution in [-0.2, 0) is 18.5 Å². The quantitative estimate of drug-likeness (QED) is 0.0360. The molecule has 0 spiro atoms. The number of amides is 6. The summed E-state index contributed by atoms with van der Waals surface area (Å²) in [4.78, 5) is 84.8. The molecule has 12 heterocycles. The molecule has 6 atom stereocenters. The fraction of sp³-hybridized carbons (Fsp3) is 0.329. The number of aliphatic hydroxyl groups is 6. The normalized spacial score (nSPS) is 17.1. The molecule has 29 nitrogen and oxygen atoms in total. The lowest BCUT2D eigenvalue weighted by Crippen LogP contribution is -2.48. The average Bonchev–Trinajstić information content (AvgIpc) is 1.68. The van der Waals surface area contributed by atoms with E-state index in [1.54, 1.807) is 18.2 Å². The molecule has 6 aliphatic heterocycles. The summed E-state index contributed by atoms with van der Waals surface area (Å²) in [5, 5.41) is 63.7. The van der Waals surface area contributed by atoms with Gasteiger partial charge in [0.05, 0.1) is 134 Å². The summed E-state index contributed by atoms with van der Waals surface area (Å²) in [6.07, 6.45) is -8.21. The van der Waals surface area contributed by atoms with Gasteiger partial charge in [-0.25, -0.2) is 44.3 Å². The predicted octanol–water partition coefficient (Wildman–Crippen LogP) is 11.7. The van der Waals surface area contributed by atoms with Crippen molar-refractivity contribution in [3.8, 4) is 51.4 Å². The Kier molecular flexibility index (Phi) is 25.6. The molecule has 6 bridgehead atoms. The number of hydrogen-bond donors (Lipinski definition) is 9. The summed E-state index contributed by atoms with van der Waals surface area (Å²) in [7, 11) is 0. The first-order valence-corrected chi connectivity index (χ1v) is 36.1. The number of carbonyl (C=O) groups excluding carboxylic acids is 3. The van der Waals surface area contributed by atoms with Crippen LogP contribution in [0.25, 0.3) is 33.8 Å². The maximum absolute atomic E-state index is 13.5. The molecule has 3 aromatic carbocycles. The molecular formula is C73H68Cl4F9N17O12. The predicted molar refractivity (Wildman–Crippen MR) is 407 cm³/mol. The van der Waals surface area contributed by atoms with Gasteiger partial charge in [0.25, 0.3) is 0 Å². The highest BCUT2D eigenvalue weighted by Crippen LogP contribution is 2.48. The van der Waals surface area contributed by atoms with Crippen molar-refractivity contribution in [2.24, 2.45) is 0 Å². The number of ether oxygens (including phenoxy) is 3. The first kappa shape index (κ1) is 83.7. The fourth-order valence-corrected chi connectivity index (χ4v) is 14.1. The highest BCUT2D eigenvalue weighted by atomic mass is 35.5. The summed E-state index contributed by atoms with van der Waals surface area (Å²) in [5.74, 6) is 1.43. The summed E-state index contributed by atoms with van der Waals surface area (Å²) >= 11 is 19.4. The molecular weight excluding hydrogens is 1620 g/mol. The second-order valence-electron chi connectivity index (χ2n) is 26.6. The van der Waals surface area contributed by atoms with E-state index in [9.17, 15) is 69.2 Å². The van der Waals surface area contributed by atoms with Crippen molar-refractivity contribution >= 4 is 117 Å². The summed E-state index contributed by atoms with van der Waals surface area (Å²) < 4.78 is 136. The third-order valence-corrected chi connectivity index (χ3v) is 19.6. The Labute approximate surface area is 668 Å². The van der Waals surface area contributed by atoms with Gasteiger partial charge < -0.3 is 64.9 Å². The van der Waals surface area contributed by atoms with Gasteiger partial charge in [0.2, 0.25) is 5.88 Å². The maximum atomic E-state index is 13.5. The van der Waals surface area contributed by atoms with E-state index in [1.807, 2.05) is 14.7 Å². The summed E-state index contributed by atoms with van der Waals surface area (Å²) in [6, 6.07) is 19.7. The molecule has 6 aliphatic rings. The molecule has 6 amide bonds. The lowest BCUT2D eigenvalue weighted by Gasteiger charge is -2.36. The number of halogens is 13. The van der Waals surface area contributed by atoms with E-state index < -0.39 is 91.4 Å². The molecule has 6 aromatic heterocycles. The second kappa shape index (κ2) is 35.2. The van der Waals surface area contributed by atoms with Gasteiger partial charge in [0.15, 0.2) is 23.3 Å². The molecule has 115 heavy (non-hydrogen) atoms. The second-order valence-corrected chi connectivity index (χ2v) is 27.8. The lowest BCUT2D eigenvalue weighted by molar-refractivity contribution is -0.138.